The summed E-state index contributed by atoms with van der Waals surface area (Å²) >= 11 is 0. The largest absolute Gasteiger partial charge is 0.416 e. The number of carbonyl (C=O) groups excluding carboxylic acids is 10. The van der Waals surface area contributed by atoms with E-state index in [0.717, 1.165) is 36.0 Å². The number of hydrogen-bond donors (Lipinski definition) is 12. The smallest absolute Gasteiger partial charge is 0.370 e. The van der Waals surface area contributed by atoms with E-state index < -0.39 is 157 Å². The van der Waals surface area contributed by atoms with Crippen molar-refractivity contribution in [1.82, 2.24) is 31.6 Å². The summed E-state index contributed by atoms with van der Waals surface area (Å²) in [5.41, 5.74) is 33.0. The van der Waals surface area contributed by atoms with Gasteiger partial charge in [0.05, 0.1) is 11.6 Å². The van der Waals surface area contributed by atoms with Crippen LogP contribution in [0.3, 0.4) is 0 Å². The number of aromatic nitrogens is 1. The number of benzene rings is 2. The first-order valence-corrected chi connectivity index (χ1v) is 26.3. The molecule has 7 amide bonds. The van der Waals surface area contributed by atoms with Gasteiger partial charge in [-0.25, -0.2) is 0 Å². The number of aromatic amines is 1. The van der Waals surface area contributed by atoms with Gasteiger partial charge in [0.15, 0.2) is 17.7 Å². The molecule has 27 heteroatoms. The van der Waals surface area contributed by atoms with Crippen LogP contribution < -0.4 is 61.0 Å². The van der Waals surface area contributed by atoms with Crippen molar-refractivity contribution in [3.05, 3.63) is 71.4 Å². The predicted octanol–water partition coefficient (Wildman–Crippen LogP) is 0.348. The van der Waals surface area contributed by atoms with Crippen LogP contribution in [0.5, 0.6) is 0 Å². The van der Waals surface area contributed by atoms with Gasteiger partial charge in [0.1, 0.15) is 35.7 Å². The van der Waals surface area contributed by atoms with Crippen LogP contribution in [0.15, 0.2) is 64.7 Å². The lowest BCUT2D eigenvalue weighted by Gasteiger charge is -2.27. The minimum Gasteiger partial charge on any atom is -0.370 e. The molecule has 436 valence electrons. The molecule has 1 saturated heterocycles. The Balaban J connectivity index is 1.85. The number of fused-ring (bicyclic) bond motifs is 1. The Morgan fingerprint density at radius 3 is 2.01 bits per heavy atom. The molecule has 2 heterocycles. The molecule has 0 aliphatic carbocycles. The van der Waals surface area contributed by atoms with Crippen LogP contribution in [-0.2, 0) is 67.0 Å². The van der Waals surface area contributed by atoms with Crippen molar-refractivity contribution in [2.75, 3.05) is 13.1 Å². The third kappa shape index (κ3) is 21.4. The van der Waals surface area contributed by atoms with E-state index in [4.69, 9.17) is 34.4 Å². The molecule has 1 aliphatic heterocycles. The number of H-pyrrole nitrogens is 1. The van der Waals surface area contributed by atoms with Gasteiger partial charge in [0.2, 0.25) is 41.4 Å². The maximum absolute atomic E-state index is 14.8. The molecule has 24 nitrogen and oxygen atoms in total. The van der Waals surface area contributed by atoms with E-state index in [1.54, 1.807) is 30.5 Å². The number of amides is 7. The van der Waals surface area contributed by atoms with E-state index in [0.29, 0.717) is 5.56 Å². The highest BCUT2D eigenvalue weighted by atomic mass is 19.4. The van der Waals surface area contributed by atoms with Crippen molar-refractivity contribution in [3.63, 3.8) is 0 Å². The summed E-state index contributed by atoms with van der Waals surface area (Å²) < 4.78 is 43.7. The van der Waals surface area contributed by atoms with Gasteiger partial charge in [-0.3, -0.25) is 57.9 Å². The monoisotopic (exact) mass is 1120 g/mol. The van der Waals surface area contributed by atoms with Crippen LogP contribution in [0.4, 0.5) is 13.2 Å². The zero-order chi connectivity index (χ0) is 59.1. The molecule has 0 saturated carbocycles. The summed E-state index contributed by atoms with van der Waals surface area (Å²) in [4.78, 5) is 149. The minimum absolute atomic E-state index is 0.0272. The topological polar surface area (TPSA) is 427 Å². The maximum Gasteiger partial charge on any atom is 0.416 e. The van der Waals surface area contributed by atoms with Gasteiger partial charge in [-0.2, -0.15) is 13.2 Å². The summed E-state index contributed by atoms with van der Waals surface area (Å²) in [6.07, 6.45) is -6.92. The first kappa shape index (κ1) is 64.1. The molecule has 0 spiro atoms. The molecule has 0 unspecified atom stereocenters. The highest BCUT2D eigenvalue weighted by molar-refractivity contribution is 5.98. The molecule has 2 aromatic carbocycles. The number of Topliss-reactive ketones (excluding diaryl/α,β-unsaturated/α-hetero) is 3. The Morgan fingerprint density at radius 2 is 1.35 bits per heavy atom. The second-order valence-corrected chi connectivity index (χ2v) is 19.8. The highest BCUT2D eigenvalue weighted by Crippen LogP contribution is 2.33. The Labute approximate surface area is 459 Å². The van der Waals surface area contributed by atoms with Gasteiger partial charge in [-0.05, 0) is 81.0 Å². The number of nitrogens with two attached hydrogens (primary N) is 6. The van der Waals surface area contributed by atoms with E-state index in [9.17, 15) is 61.1 Å². The number of carbonyl (C=O) groups is 10. The van der Waals surface area contributed by atoms with Gasteiger partial charge in [-0.1, -0.05) is 42.8 Å². The van der Waals surface area contributed by atoms with Crippen molar-refractivity contribution in [3.8, 4) is 0 Å². The lowest BCUT2D eigenvalue weighted by Crippen LogP contribution is -2.58. The maximum atomic E-state index is 14.8. The zero-order valence-corrected chi connectivity index (χ0v) is 44.5. The molecule has 3 aromatic rings. The third-order valence-corrected chi connectivity index (χ3v) is 13.5. The molecule has 7 atom stereocenters. The molecule has 18 N–H and O–H groups in total. The van der Waals surface area contributed by atoms with Crippen LogP contribution in [0.2, 0.25) is 0 Å². The number of aliphatic imine (C=N–C) groups is 2. The summed E-state index contributed by atoms with van der Waals surface area (Å²) in [6, 6.07) is 3.62. The summed E-state index contributed by atoms with van der Waals surface area (Å²) in [6.45, 7) is 1.17. The minimum atomic E-state index is -4.95. The first-order valence-electron chi connectivity index (χ1n) is 26.3. The predicted molar refractivity (Wildman–Crippen MR) is 289 cm³/mol. The first-order chi connectivity index (χ1) is 37.8. The normalized spacial score (nSPS) is 21.0. The highest BCUT2D eigenvalue weighted by Gasteiger charge is 2.38. The molecule has 1 fully saturated rings. The standard InChI is InChI=1S/C53H73F3N14O10/c1-29(71)66-39(17-9-23-64-52(61)62)48(78)68-40-19-18-34(72)12-3-6-16-38(46(58)76)67-47(77)32(24-33-28-65-37-15-7-4-13-35(33)37)27-43(73)31(11-8-22-63-51(59)60)26-44(74)42(25-30-10-2-5-14-36(30)53(54,55)56)70-50(80)41(69-49(40)79)20-21-45(57)75/h2,4-5,7,10,13-15,28,31-32,38-42,65H,3,6,8-9,11-12,16-27H2,1H3,(H2,57,75)(H2,58,76)(H,66,71)(H,67,77)(H,68,78)(H,69,79)(H,70,80)(H4,59,60,63)(H4,61,62,64)/t31-,32-,38+,39+,40+,41+,42-/m1/s1. The number of halogens is 3. The molecule has 80 heavy (non-hydrogen) atoms. The van der Waals surface area contributed by atoms with Crippen LogP contribution in [0.1, 0.15) is 114 Å². The lowest BCUT2D eigenvalue weighted by molar-refractivity contribution is -0.138. The summed E-state index contributed by atoms with van der Waals surface area (Å²) in [5.74, 6) is -11.4. The van der Waals surface area contributed by atoms with Gasteiger partial charge in [-0.15, -0.1) is 0 Å². The van der Waals surface area contributed by atoms with E-state index in [1.807, 2.05) is 0 Å². The van der Waals surface area contributed by atoms with Gasteiger partial charge in [0.25, 0.3) is 0 Å². The molecule has 1 aromatic heterocycles. The van der Waals surface area contributed by atoms with E-state index in [2.05, 4.69) is 41.6 Å². The zero-order valence-electron chi connectivity index (χ0n) is 44.5. The fourth-order valence-corrected chi connectivity index (χ4v) is 9.32. The summed E-state index contributed by atoms with van der Waals surface area (Å²) in [7, 11) is 0. The van der Waals surface area contributed by atoms with Gasteiger partial charge in [0, 0.05) is 87.5 Å². The van der Waals surface area contributed by atoms with Crippen molar-refractivity contribution in [2.45, 2.75) is 146 Å². The average Bonchev–Trinajstić information content (AvgIpc) is 3.79. The van der Waals surface area contributed by atoms with Gasteiger partial charge >= 0.3 is 6.18 Å². The number of alkyl halides is 3. The molecular weight excluding hydrogens is 1050 g/mol. The molecule has 4 rings (SSSR count). The van der Waals surface area contributed by atoms with Crippen LogP contribution in [0.25, 0.3) is 10.9 Å². The Morgan fingerprint density at radius 1 is 0.700 bits per heavy atom. The lowest BCUT2D eigenvalue weighted by atomic mass is 9.83. The molecular formula is C53H73F3N14O10. The SMILES string of the molecule is CC(=O)N[C@@H](CCCN=C(N)N)C(=O)N[C@H]1CCC(=O)CCCC[C@@H](C(N)=O)NC(=O)[C@H](Cc2c[nH]c3ccccc23)CC(=O)[C@H](CCCN=C(N)N)CC(=O)[C@@H](Cc2ccccc2C(F)(F)F)NC(=O)[C@H](CCC(N)=O)NC1=O. The van der Waals surface area contributed by atoms with Crippen molar-refractivity contribution in [1.29, 1.82) is 0 Å². The second kappa shape index (κ2) is 31.3. The van der Waals surface area contributed by atoms with Crippen LogP contribution >= 0.6 is 0 Å². The van der Waals surface area contributed by atoms with E-state index in [1.165, 1.54) is 6.07 Å². The third-order valence-electron chi connectivity index (χ3n) is 13.5. The number of primary amides is 2. The number of hydrogen-bond acceptors (Lipinski definition) is 12. The molecule has 1 aliphatic rings. The number of para-hydroxylation sites is 1. The quantitative estimate of drug-likeness (QED) is 0.0438. The Kier molecular flexibility index (Phi) is 25.1. The number of rotatable bonds is 19. The number of guanidine groups is 2. The van der Waals surface area contributed by atoms with E-state index >= 15 is 0 Å². The van der Waals surface area contributed by atoms with Crippen molar-refractivity contribution < 1.29 is 61.1 Å². The molecule has 0 radical (unpaired) electrons. The Bertz CT molecular complexity index is 2760. The summed E-state index contributed by atoms with van der Waals surface area (Å²) in [5, 5.41) is 13.3. The average molecular weight is 1120 g/mol. The number of ketones is 3. The fraction of sp³-hybridized carbons (Fsp3) is 0.509. The van der Waals surface area contributed by atoms with Crippen molar-refractivity contribution >= 4 is 81.5 Å². The van der Waals surface area contributed by atoms with Crippen LogP contribution in [0, 0.1) is 11.8 Å². The van der Waals surface area contributed by atoms with Crippen molar-refractivity contribution in [2.24, 2.45) is 56.2 Å². The van der Waals surface area contributed by atoms with Gasteiger partial charge < -0.3 is 66.0 Å². The molecule has 0 bridgehead atoms. The van der Waals surface area contributed by atoms with Crippen LogP contribution in [-0.4, -0.2) is 119 Å². The number of nitrogens with one attached hydrogen (secondary N) is 6. The fourth-order valence-electron chi connectivity index (χ4n) is 9.32. The second-order valence-electron chi connectivity index (χ2n) is 19.8. The van der Waals surface area contributed by atoms with E-state index in [-0.39, 0.29) is 89.2 Å². The number of nitrogens with zero attached hydrogens (tertiary/aromatic N) is 2. The Hall–Kier alpha value is -8.39.